The summed E-state index contributed by atoms with van der Waals surface area (Å²) in [6.07, 6.45) is 4.41. The molecule has 2 aromatic carbocycles. The Kier molecular flexibility index (Phi) is 6.26. The highest BCUT2D eigenvalue weighted by atomic mass is 32.2. The summed E-state index contributed by atoms with van der Waals surface area (Å²) >= 11 is 0. The zero-order valence-corrected chi connectivity index (χ0v) is 19.5. The molecule has 1 aliphatic rings. The molecule has 0 aliphatic carbocycles. The van der Waals surface area contributed by atoms with E-state index in [-0.39, 0.29) is 11.8 Å². The van der Waals surface area contributed by atoms with E-state index in [4.69, 9.17) is 0 Å². The highest BCUT2D eigenvalue weighted by Gasteiger charge is 2.36. The van der Waals surface area contributed by atoms with Crippen molar-refractivity contribution in [2.75, 3.05) is 38.3 Å². The van der Waals surface area contributed by atoms with E-state index in [0.717, 1.165) is 27.7 Å². The average Bonchev–Trinajstić information content (AvgIpc) is 3.42. The topological polar surface area (TPSA) is 85.5 Å². The van der Waals surface area contributed by atoms with Gasteiger partial charge in [-0.1, -0.05) is 30.3 Å². The zero-order chi connectivity index (χ0) is 22.9. The summed E-state index contributed by atoms with van der Waals surface area (Å²) in [4.78, 5) is 18.4. The molecule has 0 radical (unpaired) electrons. The molecule has 0 saturated carbocycles. The predicted molar refractivity (Wildman–Crippen MR) is 128 cm³/mol. The van der Waals surface area contributed by atoms with E-state index >= 15 is 0 Å². The molecule has 2 N–H and O–H groups in total. The zero-order valence-electron chi connectivity index (χ0n) is 18.7. The second-order valence-electron chi connectivity index (χ2n) is 8.61. The van der Waals surface area contributed by atoms with Gasteiger partial charge in [0, 0.05) is 55.9 Å². The number of H-pyrrole nitrogens is 1. The number of aromatic amines is 1. The average molecular weight is 455 g/mol. The molecular formula is C24H30N4O3S. The molecule has 3 aromatic rings. The van der Waals surface area contributed by atoms with Crippen molar-refractivity contribution >= 4 is 32.5 Å². The Hall–Kier alpha value is -2.84. The lowest BCUT2D eigenvalue weighted by molar-refractivity contribution is -0.124. The van der Waals surface area contributed by atoms with E-state index in [9.17, 15) is 13.2 Å². The van der Waals surface area contributed by atoms with Crippen molar-refractivity contribution in [3.8, 4) is 0 Å². The fourth-order valence-electron chi connectivity index (χ4n) is 4.51. The smallest absolute Gasteiger partial charge is 0.238 e. The van der Waals surface area contributed by atoms with Gasteiger partial charge in [0.2, 0.25) is 15.9 Å². The highest BCUT2D eigenvalue weighted by Crippen LogP contribution is 2.31. The predicted octanol–water partition coefficient (Wildman–Crippen LogP) is 2.91. The maximum absolute atomic E-state index is 13.0. The minimum Gasteiger partial charge on any atom is -0.378 e. The Morgan fingerprint density at radius 3 is 2.59 bits per heavy atom. The number of nitrogens with one attached hydrogen (secondary N) is 2. The van der Waals surface area contributed by atoms with Crippen LogP contribution in [0.1, 0.15) is 29.9 Å². The number of sulfonamides is 1. The van der Waals surface area contributed by atoms with E-state index < -0.39 is 16.1 Å². The van der Waals surface area contributed by atoms with Gasteiger partial charge in [-0.05, 0) is 42.2 Å². The molecule has 8 heteroatoms. The number of benzene rings is 2. The molecule has 32 heavy (non-hydrogen) atoms. The van der Waals surface area contributed by atoms with Crippen molar-refractivity contribution in [1.29, 1.82) is 0 Å². The first-order chi connectivity index (χ1) is 15.3. The van der Waals surface area contributed by atoms with Crippen LogP contribution in [0.3, 0.4) is 0 Å². The van der Waals surface area contributed by atoms with Gasteiger partial charge in [0.15, 0.2) is 0 Å². The van der Waals surface area contributed by atoms with Gasteiger partial charge >= 0.3 is 0 Å². The van der Waals surface area contributed by atoms with Crippen LogP contribution in [0.25, 0.3) is 10.9 Å². The molecule has 2 heterocycles. The summed E-state index contributed by atoms with van der Waals surface area (Å²) in [5, 5.41) is 4.16. The normalized spacial score (nSPS) is 18.0. The molecule has 170 valence electrons. The van der Waals surface area contributed by atoms with Gasteiger partial charge in [-0.25, -0.2) is 8.42 Å². The van der Waals surface area contributed by atoms with Crippen LogP contribution < -0.4 is 10.2 Å². The summed E-state index contributed by atoms with van der Waals surface area (Å²) in [6.45, 7) is 0.783. The van der Waals surface area contributed by atoms with Gasteiger partial charge in [0.1, 0.15) is 6.04 Å². The second-order valence-corrected chi connectivity index (χ2v) is 10.5. The third-order valence-corrected chi connectivity index (χ3v) is 7.51. The number of rotatable bonds is 7. The summed E-state index contributed by atoms with van der Waals surface area (Å²) in [7, 11) is 0.593. The largest absolute Gasteiger partial charge is 0.378 e. The number of carbonyl (C=O) groups is 1. The Morgan fingerprint density at radius 1 is 1.19 bits per heavy atom. The van der Waals surface area contributed by atoms with Gasteiger partial charge in [0.25, 0.3) is 0 Å². The lowest BCUT2D eigenvalue weighted by Gasteiger charge is -2.24. The number of aromatic nitrogens is 1. The maximum Gasteiger partial charge on any atom is 0.238 e. The fraction of sp³-hybridized carbons (Fsp3) is 0.375. The van der Waals surface area contributed by atoms with Crippen LogP contribution >= 0.6 is 0 Å². The first-order valence-corrected chi connectivity index (χ1v) is 12.7. The van der Waals surface area contributed by atoms with E-state index in [1.165, 1.54) is 10.6 Å². The number of hydrogen-bond donors (Lipinski definition) is 2. The van der Waals surface area contributed by atoms with Crippen molar-refractivity contribution < 1.29 is 13.2 Å². The summed E-state index contributed by atoms with van der Waals surface area (Å²) < 4.78 is 25.4. The van der Waals surface area contributed by atoms with Crippen molar-refractivity contribution in [1.82, 2.24) is 14.6 Å². The minimum absolute atomic E-state index is 0.0700. The molecule has 7 nitrogen and oxygen atoms in total. The van der Waals surface area contributed by atoms with Crippen LogP contribution in [0, 0.1) is 0 Å². The molecule has 0 bridgehead atoms. The van der Waals surface area contributed by atoms with E-state index in [0.29, 0.717) is 25.9 Å². The molecule has 1 fully saturated rings. The molecule has 2 atom stereocenters. The van der Waals surface area contributed by atoms with Gasteiger partial charge in [-0.15, -0.1) is 0 Å². The van der Waals surface area contributed by atoms with E-state index in [2.05, 4.69) is 40.6 Å². The Balaban J connectivity index is 1.62. The fourth-order valence-corrected chi connectivity index (χ4v) is 5.64. The van der Waals surface area contributed by atoms with Crippen molar-refractivity contribution in [3.63, 3.8) is 0 Å². The Morgan fingerprint density at radius 2 is 1.91 bits per heavy atom. The Bertz CT molecular complexity index is 1200. The van der Waals surface area contributed by atoms with Gasteiger partial charge in [-0.2, -0.15) is 4.31 Å². The highest BCUT2D eigenvalue weighted by molar-refractivity contribution is 7.88. The molecule has 1 aliphatic heterocycles. The van der Waals surface area contributed by atoms with Crippen LogP contribution in [0.5, 0.6) is 0 Å². The summed E-state index contributed by atoms with van der Waals surface area (Å²) in [6, 6.07) is 15.8. The SMILES string of the molecule is CN(C)c1ccc(C(CNC(=O)C2CCCN2S(C)(=O)=O)c2c[nH]c3ccccc23)cc1. The number of carbonyl (C=O) groups excluding carboxylic acids is 1. The van der Waals surface area contributed by atoms with Gasteiger partial charge in [0.05, 0.1) is 6.26 Å². The molecule has 4 rings (SSSR count). The lowest BCUT2D eigenvalue weighted by atomic mass is 9.90. The van der Waals surface area contributed by atoms with Gasteiger partial charge < -0.3 is 15.2 Å². The molecule has 2 unspecified atom stereocenters. The molecule has 1 amide bonds. The summed E-state index contributed by atoms with van der Waals surface area (Å²) in [5.74, 6) is -0.304. The van der Waals surface area contributed by atoms with Crippen LogP contribution in [0.2, 0.25) is 0 Å². The molecular weight excluding hydrogens is 424 g/mol. The number of fused-ring (bicyclic) bond motifs is 1. The van der Waals surface area contributed by atoms with Crippen LogP contribution in [-0.4, -0.2) is 63.1 Å². The lowest BCUT2D eigenvalue weighted by Crippen LogP contribution is -2.46. The van der Waals surface area contributed by atoms with Crippen LogP contribution in [0.15, 0.2) is 54.7 Å². The quantitative estimate of drug-likeness (QED) is 0.575. The van der Waals surface area contributed by atoms with E-state index in [1.807, 2.05) is 43.4 Å². The molecule has 1 saturated heterocycles. The number of para-hydroxylation sites is 1. The molecule has 0 spiro atoms. The third kappa shape index (κ3) is 4.52. The number of amides is 1. The maximum atomic E-state index is 13.0. The third-order valence-electron chi connectivity index (χ3n) is 6.22. The first kappa shape index (κ1) is 22.4. The number of hydrogen-bond acceptors (Lipinski definition) is 4. The van der Waals surface area contributed by atoms with Crippen molar-refractivity contribution in [2.45, 2.75) is 24.8 Å². The van der Waals surface area contributed by atoms with Gasteiger partial charge in [-0.3, -0.25) is 4.79 Å². The minimum atomic E-state index is -3.41. The number of nitrogens with zero attached hydrogens (tertiary/aromatic N) is 2. The Labute approximate surface area is 189 Å². The summed E-state index contributed by atoms with van der Waals surface area (Å²) in [5.41, 5.74) is 4.34. The monoisotopic (exact) mass is 454 g/mol. The van der Waals surface area contributed by atoms with E-state index in [1.54, 1.807) is 0 Å². The molecule has 1 aromatic heterocycles. The first-order valence-electron chi connectivity index (χ1n) is 10.8. The standard InChI is InChI=1S/C24H30N4O3S/c1-27(2)18-12-10-17(11-13-18)20(21-16-25-22-8-5-4-7-19(21)22)15-26-24(29)23-9-6-14-28(23)32(3,30)31/h4-5,7-8,10-13,16,20,23,25H,6,9,14-15H2,1-3H3,(H,26,29). The second kappa shape index (κ2) is 8.96. The van der Waals surface area contributed by atoms with Crippen molar-refractivity contribution in [3.05, 3.63) is 65.9 Å². The number of anilines is 1. The van der Waals surface area contributed by atoms with Crippen LogP contribution in [-0.2, 0) is 14.8 Å². The van der Waals surface area contributed by atoms with Crippen molar-refractivity contribution in [2.24, 2.45) is 0 Å². The van der Waals surface area contributed by atoms with Crippen LogP contribution in [0.4, 0.5) is 5.69 Å².